The Labute approximate surface area is 104 Å². The summed E-state index contributed by atoms with van der Waals surface area (Å²) in [6.45, 7) is 2.08. The molecule has 0 saturated heterocycles. The molecule has 0 saturated carbocycles. The topological polar surface area (TPSA) is 17.8 Å². The maximum Gasteiger partial charge on any atom is 0.137 e. The first kappa shape index (κ1) is 10.2. The van der Waals surface area contributed by atoms with E-state index in [1.54, 1.807) is 0 Å². The van der Waals surface area contributed by atoms with Crippen molar-refractivity contribution in [3.63, 3.8) is 0 Å². The molecule has 1 aromatic heterocycles. The van der Waals surface area contributed by atoms with Crippen molar-refractivity contribution in [2.75, 3.05) is 0 Å². The molecule has 0 bridgehead atoms. The normalized spacial score (nSPS) is 14.1. The van der Waals surface area contributed by atoms with E-state index in [0.717, 1.165) is 28.0 Å². The van der Waals surface area contributed by atoms with Gasteiger partial charge < -0.3 is 0 Å². The van der Waals surface area contributed by atoms with E-state index in [-0.39, 0.29) is 0 Å². The first-order valence-electron chi connectivity index (χ1n) is 5.17. The Bertz CT molecular complexity index is 548. The van der Waals surface area contributed by atoms with E-state index < -0.39 is 0 Å². The first-order chi connectivity index (χ1) is 7.77. The van der Waals surface area contributed by atoms with Crippen LogP contribution < -0.4 is 0 Å². The summed E-state index contributed by atoms with van der Waals surface area (Å²) in [5, 5.41) is 5.36. The van der Waals surface area contributed by atoms with Crippen LogP contribution in [0.5, 0.6) is 0 Å². The third-order valence-corrected chi connectivity index (χ3v) is 4.19. The molecule has 1 aliphatic heterocycles. The van der Waals surface area contributed by atoms with Gasteiger partial charge in [0.15, 0.2) is 0 Å². The number of halogens is 1. The van der Waals surface area contributed by atoms with Crippen molar-refractivity contribution in [2.24, 2.45) is 0 Å². The molecule has 0 N–H and O–H groups in total. The number of para-hydroxylation sites is 1. The van der Waals surface area contributed by atoms with E-state index in [1.807, 2.05) is 28.6 Å². The van der Waals surface area contributed by atoms with Crippen LogP contribution in [-0.4, -0.2) is 9.78 Å². The van der Waals surface area contributed by atoms with Crippen LogP contribution >= 0.6 is 23.4 Å². The van der Waals surface area contributed by atoms with Crippen molar-refractivity contribution in [3.05, 3.63) is 46.2 Å². The number of benzene rings is 1. The van der Waals surface area contributed by atoms with Gasteiger partial charge in [0.1, 0.15) is 5.15 Å². The Morgan fingerprint density at radius 1 is 1.31 bits per heavy atom. The number of hydrogen-bond donors (Lipinski definition) is 0. The van der Waals surface area contributed by atoms with Gasteiger partial charge in [-0.2, -0.15) is 16.9 Å². The van der Waals surface area contributed by atoms with Crippen molar-refractivity contribution in [1.82, 2.24) is 9.78 Å². The highest BCUT2D eigenvalue weighted by Gasteiger charge is 2.22. The molecule has 0 aliphatic carbocycles. The fourth-order valence-corrected chi connectivity index (χ4v) is 3.36. The monoisotopic (exact) mass is 250 g/mol. The second kappa shape index (κ2) is 3.82. The molecule has 0 unspecified atom stereocenters. The molecule has 4 heteroatoms. The van der Waals surface area contributed by atoms with Crippen molar-refractivity contribution in [3.8, 4) is 5.69 Å². The van der Waals surface area contributed by atoms with Crippen LogP contribution in [0.3, 0.4) is 0 Å². The largest absolute Gasteiger partial charge is 0.221 e. The number of thioether (sulfide) groups is 1. The lowest BCUT2D eigenvalue weighted by Gasteiger charge is -2.07. The highest BCUT2D eigenvalue weighted by atomic mass is 35.5. The number of rotatable bonds is 1. The lowest BCUT2D eigenvalue weighted by atomic mass is 10.2. The molecule has 1 aliphatic rings. The Kier molecular flexibility index (Phi) is 2.45. The maximum atomic E-state index is 6.36. The fourth-order valence-electron chi connectivity index (χ4n) is 1.94. The summed E-state index contributed by atoms with van der Waals surface area (Å²) in [6, 6.07) is 8.17. The summed E-state index contributed by atoms with van der Waals surface area (Å²) >= 11 is 8.23. The Morgan fingerprint density at radius 2 is 2.12 bits per heavy atom. The van der Waals surface area contributed by atoms with Crippen molar-refractivity contribution in [1.29, 1.82) is 0 Å². The van der Waals surface area contributed by atoms with Crippen molar-refractivity contribution >= 4 is 23.4 Å². The minimum absolute atomic E-state index is 0.773. The predicted octanol–water partition coefficient (Wildman–Crippen LogP) is 3.58. The molecule has 0 atom stereocenters. The highest BCUT2D eigenvalue weighted by molar-refractivity contribution is 7.98. The van der Waals surface area contributed by atoms with E-state index in [1.165, 1.54) is 11.1 Å². The van der Waals surface area contributed by atoms with Gasteiger partial charge in [-0.25, -0.2) is 4.68 Å². The van der Waals surface area contributed by atoms with Crippen LogP contribution in [0.4, 0.5) is 0 Å². The third kappa shape index (κ3) is 1.46. The molecule has 82 valence electrons. The standard InChI is InChI=1S/C12H11ClN2S/c1-8-4-2-3-5-11(8)15-12(13)9-6-16-7-10(9)14-15/h2-5H,6-7H2,1H3. The first-order valence-corrected chi connectivity index (χ1v) is 6.70. The van der Waals surface area contributed by atoms with Crippen molar-refractivity contribution < 1.29 is 0 Å². The average molecular weight is 251 g/mol. The van der Waals surface area contributed by atoms with Gasteiger partial charge in [-0.15, -0.1) is 0 Å². The molecular formula is C12H11ClN2S. The van der Waals surface area contributed by atoms with E-state index in [4.69, 9.17) is 11.6 Å². The fraction of sp³-hybridized carbons (Fsp3) is 0.250. The molecule has 0 radical (unpaired) electrons. The van der Waals surface area contributed by atoms with Crippen LogP contribution in [0.2, 0.25) is 5.15 Å². The van der Waals surface area contributed by atoms with Gasteiger partial charge in [0.05, 0.1) is 11.4 Å². The molecule has 0 spiro atoms. The van der Waals surface area contributed by atoms with Crippen molar-refractivity contribution in [2.45, 2.75) is 18.4 Å². The summed E-state index contributed by atoms with van der Waals surface area (Å²) in [4.78, 5) is 0. The summed E-state index contributed by atoms with van der Waals surface area (Å²) in [5.74, 6) is 1.97. The lowest BCUT2D eigenvalue weighted by molar-refractivity contribution is 0.853. The van der Waals surface area contributed by atoms with Gasteiger partial charge in [-0.05, 0) is 18.6 Å². The van der Waals surface area contributed by atoms with Gasteiger partial charge in [0.2, 0.25) is 0 Å². The number of nitrogens with zero attached hydrogens (tertiary/aromatic N) is 2. The van der Waals surface area contributed by atoms with Gasteiger partial charge >= 0.3 is 0 Å². The molecule has 1 aromatic carbocycles. The Morgan fingerprint density at radius 3 is 2.88 bits per heavy atom. The average Bonchev–Trinajstić information content (AvgIpc) is 2.83. The van der Waals surface area contributed by atoms with Crippen LogP contribution in [0.25, 0.3) is 5.69 Å². The molecule has 0 fully saturated rings. The second-order valence-corrected chi connectivity index (χ2v) is 5.25. The van der Waals surface area contributed by atoms with Gasteiger partial charge in [0, 0.05) is 17.1 Å². The Hall–Kier alpha value is -0.930. The van der Waals surface area contributed by atoms with Crippen LogP contribution in [0, 0.1) is 6.92 Å². The molecule has 0 amide bonds. The zero-order valence-electron chi connectivity index (χ0n) is 8.90. The van der Waals surface area contributed by atoms with E-state index >= 15 is 0 Å². The smallest absolute Gasteiger partial charge is 0.137 e. The molecule has 2 aromatic rings. The van der Waals surface area contributed by atoms with E-state index in [2.05, 4.69) is 24.2 Å². The SMILES string of the molecule is Cc1ccccc1-n1nc2c(c1Cl)CSC2. The minimum Gasteiger partial charge on any atom is -0.221 e. The predicted molar refractivity (Wildman–Crippen MR) is 68.3 cm³/mol. The highest BCUT2D eigenvalue weighted by Crippen LogP contribution is 2.35. The number of hydrogen-bond acceptors (Lipinski definition) is 2. The summed E-state index contributed by atoms with van der Waals surface area (Å²) in [5.41, 5.74) is 4.61. The lowest BCUT2D eigenvalue weighted by Crippen LogP contribution is -2.00. The zero-order valence-corrected chi connectivity index (χ0v) is 10.5. The van der Waals surface area contributed by atoms with Crippen LogP contribution in [0.15, 0.2) is 24.3 Å². The third-order valence-electron chi connectivity index (χ3n) is 2.83. The molecular weight excluding hydrogens is 240 g/mol. The molecule has 3 rings (SSSR count). The van der Waals surface area contributed by atoms with E-state index in [0.29, 0.717) is 0 Å². The Balaban J connectivity index is 2.18. The molecule has 2 nitrogen and oxygen atoms in total. The molecule has 2 heterocycles. The second-order valence-electron chi connectivity index (χ2n) is 3.91. The van der Waals surface area contributed by atoms with Crippen LogP contribution in [0.1, 0.15) is 16.8 Å². The van der Waals surface area contributed by atoms with Gasteiger partial charge in [0.25, 0.3) is 0 Å². The summed E-state index contributed by atoms with van der Waals surface area (Å²) < 4.78 is 1.86. The quantitative estimate of drug-likeness (QED) is 0.770. The van der Waals surface area contributed by atoms with E-state index in [9.17, 15) is 0 Å². The molecule has 16 heavy (non-hydrogen) atoms. The van der Waals surface area contributed by atoms with Gasteiger partial charge in [-0.1, -0.05) is 29.8 Å². The minimum atomic E-state index is 0.773. The van der Waals surface area contributed by atoms with Crippen LogP contribution in [-0.2, 0) is 11.5 Å². The number of aromatic nitrogens is 2. The zero-order chi connectivity index (χ0) is 11.1. The maximum absolute atomic E-state index is 6.36. The van der Waals surface area contributed by atoms with Gasteiger partial charge in [-0.3, -0.25) is 0 Å². The summed E-state index contributed by atoms with van der Waals surface area (Å²) in [7, 11) is 0. The number of aryl methyl sites for hydroxylation is 1. The summed E-state index contributed by atoms with van der Waals surface area (Å²) in [6.07, 6.45) is 0. The number of fused-ring (bicyclic) bond motifs is 1.